The van der Waals surface area contributed by atoms with Crippen molar-refractivity contribution in [1.82, 2.24) is 5.43 Å². The number of rotatable bonds is 3. The Morgan fingerprint density at radius 1 is 1.35 bits per heavy atom. The maximum Gasteiger partial charge on any atom is 0.0681 e. The SMILES string of the molecule is Cc1cc(C(NN)C2CC(C)(C)OC2(C)C)ccc1Cl. The Bertz CT molecular complexity index is 499. The molecule has 1 fully saturated rings. The lowest BCUT2D eigenvalue weighted by Crippen LogP contribution is -2.41. The first-order valence-electron chi connectivity index (χ1n) is 7.09. The number of nitrogens with one attached hydrogen (secondary N) is 1. The summed E-state index contributed by atoms with van der Waals surface area (Å²) < 4.78 is 6.19. The molecule has 3 nitrogen and oxygen atoms in total. The molecule has 2 rings (SSSR count). The molecule has 0 aliphatic carbocycles. The number of hydrogen-bond donors (Lipinski definition) is 2. The summed E-state index contributed by atoms with van der Waals surface area (Å²) in [5.74, 6) is 6.15. The van der Waals surface area contributed by atoms with Crippen molar-refractivity contribution >= 4 is 11.6 Å². The van der Waals surface area contributed by atoms with Crippen LogP contribution in [0.3, 0.4) is 0 Å². The van der Waals surface area contributed by atoms with E-state index in [0.29, 0.717) is 5.92 Å². The number of halogens is 1. The van der Waals surface area contributed by atoms with E-state index in [1.165, 1.54) is 0 Å². The van der Waals surface area contributed by atoms with E-state index < -0.39 is 0 Å². The Kier molecular flexibility index (Phi) is 4.18. The van der Waals surface area contributed by atoms with E-state index in [-0.39, 0.29) is 17.2 Å². The molecule has 0 spiro atoms. The lowest BCUT2D eigenvalue weighted by atomic mass is 9.79. The van der Waals surface area contributed by atoms with Crippen molar-refractivity contribution in [2.24, 2.45) is 11.8 Å². The molecule has 112 valence electrons. The third kappa shape index (κ3) is 3.01. The Balaban J connectivity index is 2.35. The van der Waals surface area contributed by atoms with Gasteiger partial charge in [0, 0.05) is 10.9 Å². The van der Waals surface area contributed by atoms with Crippen molar-refractivity contribution in [1.29, 1.82) is 0 Å². The van der Waals surface area contributed by atoms with Gasteiger partial charge in [0.25, 0.3) is 0 Å². The van der Waals surface area contributed by atoms with Gasteiger partial charge in [-0.2, -0.15) is 0 Å². The summed E-state index contributed by atoms with van der Waals surface area (Å²) in [6.07, 6.45) is 0.969. The second kappa shape index (κ2) is 5.30. The first-order valence-corrected chi connectivity index (χ1v) is 7.46. The number of benzene rings is 1. The summed E-state index contributed by atoms with van der Waals surface area (Å²) in [6.45, 7) is 10.6. The highest BCUT2D eigenvalue weighted by Gasteiger charge is 2.49. The Morgan fingerprint density at radius 3 is 2.45 bits per heavy atom. The van der Waals surface area contributed by atoms with Gasteiger partial charge in [-0.25, -0.2) is 0 Å². The van der Waals surface area contributed by atoms with Gasteiger partial charge >= 0.3 is 0 Å². The van der Waals surface area contributed by atoms with E-state index in [2.05, 4.69) is 39.2 Å². The minimum atomic E-state index is -0.214. The number of hydrazine groups is 1. The fourth-order valence-corrected chi connectivity index (χ4v) is 3.55. The summed E-state index contributed by atoms with van der Waals surface area (Å²) in [6, 6.07) is 6.14. The van der Waals surface area contributed by atoms with E-state index in [1.807, 2.05) is 19.1 Å². The normalized spacial score (nSPS) is 25.6. The molecule has 2 unspecified atom stereocenters. The number of ether oxygens (including phenoxy) is 1. The molecule has 4 heteroatoms. The van der Waals surface area contributed by atoms with Crippen LogP contribution in [0.15, 0.2) is 18.2 Å². The lowest BCUT2D eigenvalue weighted by Gasteiger charge is -2.33. The van der Waals surface area contributed by atoms with Crippen LogP contribution in [0.4, 0.5) is 0 Å². The minimum absolute atomic E-state index is 0.0581. The van der Waals surface area contributed by atoms with E-state index in [4.69, 9.17) is 22.2 Å². The smallest absolute Gasteiger partial charge is 0.0681 e. The van der Waals surface area contributed by atoms with Crippen LogP contribution in [0, 0.1) is 12.8 Å². The van der Waals surface area contributed by atoms with Gasteiger partial charge in [0.05, 0.1) is 17.2 Å². The lowest BCUT2D eigenvalue weighted by molar-refractivity contribution is -0.0779. The zero-order valence-corrected chi connectivity index (χ0v) is 13.7. The maximum absolute atomic E-state index is 6.19. The third-order valence-corrected chi connectivity index (χ3v) is 4.69. The maximum atomic E-state index is 6.19. The average Bonchev–Trinajstić information content (AvgIpc) is 2.53. The van der Waals surface area contributed by atoms with Crippen molar-refractivity contribution in [3.63, 3.8) is 0 Å². The third-order valence-electron chi connectivity index (χ3n) is 4.27. The Hall–Kier alpha value is -0.610. The van der Waals surface area contributed by atoms with Crippen LogP contribution in [0.1, 0.15) is 51.3 Å². The van der Waals surface area contributed by atoms with Crippen LogP contribution < -0.4 is 11.3 Å². The largest absolute Gasteiger partial charge is 0.369 e. The van der Waals surface area contributed by atoms with Crippen LogP contribution in [0.25, 0.3) is 0 Å². The van der Waals surface area contributed by atoms with Crippen molar-refractivity contribution in [2.75, 3.05) is 0 Å². The Morgan fingerprint density at radius 2 is 2.00 bits per heavy atom. The standard InChI is InChI=1S/C16H25ClN2O/c1-10-8-11(6-7-13(10)17)14(19-18)12-9-15(2,3)20-16(12,4)5/h6-8,12,14,19H,9,18H2,1-5H3. The molecule has 0 aromatic heterocycles. The van der Waals surface area contributed by atoms with E-state index >= 15 is 0 Å². The number of hydrogen-bond acceptors (Lipinski definition) is 3. The van der Waals surface area contributed by atoms with Gasteiger partial charge < -0.3 is 4.74 Å². The predicted octanol–water partition coefficient (Wildman–Crippen LogP) is 3.75. The quantitative estimate of drug-likeness (QED) is 0.660. The van der Waals surface area contributed by atoms with Crippen LogP contribution in [0.5, 0.6) is 0 Å². The highest BCUT2D eigenvalue weighted by atomic mass is 35.5. The monoisotopic (exact) mass is 296 g/mol. The van der Waals surface area contributed by atoms with E-state index in [9.17, 15) is 0 Å². The zero-order chi connectivity index (χ0) is 15.1. The molecule has 0 bridgehead atoms. The van der Waals surface area contributed by atoms with Crippen LogP contribution >= 0.6 is 11.6 Å². The molecule has 1 aromatic carbocycles. The van der Waals surface area contributed by atoms with Crippen molar-refractivity contribution in [3.8, 4) is 0 Å². The fourth-order valence-electron chi connectivity index (χ4n) is 3.43. The fraction of sp³-hybridized carbons (Fsp3) is 0.625. The molecule has 0 saturated carbocycles. The molecule has 1 saturated heterocycles. The molecule has 0 amide bonds. The second-order valence-corrected chi connectivity index (χ2v) is 7.34. The number of aryl methyl sites for hydroxylation is 1. The summed E-state index contributed by atoms with van der Waals surface area (Å²) in [5.41, 5.74) is 4.87. The topological polar surface area (TPSA) is 47.3 Å². The van der Waals surface area contributed by atoms with Crippen LogP contribution in [0.2, 0.25) is 5.02 Å². The molecule has 1 aliphatic rings. The highest BCUT2D eigenvalue weighted by Crippen LogP contribution is 2.47. The first-order chi connectivity index (χ1) is 9.16. The highest BCUT2D eigenvalue weighted by molar-refractivity contribution is 6.31. The molecular formula is C16H25ClN2O. The zero-order valence-electron chi connectivity index (χ0n) is 13.0. The molecular weight excluding hydrogens is 272 g/mol. The molecule has 1 aromatic rings. The second-order valence-electron chi connectivity index (χ2n) is 6.93. The molecule has 1 aliphatic heterocycles. The van der Waals surface area contributed by atoms with Gasteiger partial charge in [-0.15, -0.1) is 0 Å². The number of nitrogens with two attached hydrogens (primary N) is 1. The Labute approximate surface area is 126 Å². The summed E-state index contributed by atoms with van der Waals surface area (Å²) in [4.78, 5) is 0. The van der Waals surface area contributed by atoms with Gasteiger partial charge in [-0.1, -0.05) is 23.7 Å². The molecule has 20 heavy (non-hydrogen) atoms. The van der Waals surface area contributed by atoms with Gasteiger partial charge in [0.15, 0.2) is 0 Å². The first kappa shape index (κ1) is 15.8. The summed E-state index contributed by atoms with van der Waals surface area (Å²) in [7, 11) is 0. The van der Waals surface area contributed by atoms with Crippen molar-refractivity contribution in [3.05, 3.63) is 34.3 Å². The van der Waals surface area contributed by atoms with Crippen molar-refractivity contribution < 1.29 is 4.74 Å². The van der Waals surface area contributed by atoms with Crippen LogP contribution in [-0.2, 0) is 4.74 Å². The molecule has 1 heterocycles. The average molecular weight is 297 g/mol. The molecule has 2 atom stereocenters. The van der Waals surface area contributed by atoms with Gasteiger partial charge in [0.2, 0.25) is 0 Å². The van der Waals surface area contributed by atoms with Gasteiger partial charge in [-0.3, -0.25) is 11.3 Å². The van der Waals surface area contributed by atoms with E-state index in [0.717, 1.165) is 22.6 Å². The predicted molar refractivity (Wildman–Crippen MR) is 83.6 cm³/mol. The molecule has 3 N–H and O–H groups in total. The van der Waals surface area contributed by atoms with Crippen LogP contribution in [-0.4, -0.2) is 11.2 Å². The summed E-state index contributed by atoms with van der Waals surface area (Å²) >= 11 is 6.11. The minimum Gasteiger partial charge on any atom is -0.369 e. The van der Waals surface area contributed by atoms with Gasteiger partial charge in [-0.05, 0) is 58.2 Å². The molecule has 0 radical (unpaired) electrons. The van der Waals surface area contributed by atoms with Gasteiger partial charge in [0.1, 0.15) is 0 Å². The van der Waals surface area contributed by atoms with Crippen molar-refractivity contribution in [2.45, 2.75) is 58.3 Å². The summed E-state index contributed by atoms with van der Waals surface area (Å²) in [5, 5.41) is 0.784. The van der Waals surface area contributed by atoms with E-state index in [1.54, 1.807) is 0 Å².